The van der Waals surface area contributed by atoms with Gasteiger partial charge in [-0.3, -0.25) is 0 Å². The lowest BCUT2D eigenvalue weighted by Crippen LogP contribution is -2.33. The molecule has 0 aromatic carbocycles. The van der Waals surface area contributed by atoms with Crippen LogP contribution in [0.4, 0.5) is 11.6 Å². The van der Waals surface area contributed by atoms with Crippen LogP contribution in [0.3, 0.4) is 0 Å². The van der Waals surface area contributed by atoms with Gasteiger partial charge < -0.3 is 16.2 Å². The average Bonchev–Trinajstić information content (AvgIpc) is 2.51. The van der Waals surface area contributed by atoms with E-state index in [2.05, 4.69) is 15.3 Å². The fourth-order valence-corrected chi connectivity index (χ4v) is 2.24. The Bertz CT molecular complexity index is 383. The van der Waals surface area contributed by atoms with Gasteiger partial charge in [0.05, 0.1) is 12.1 Å². The zero-order valence-corrected chi connectivity index (χ0v) is 10.2. The standard InChI is InChI=1S/C12H20N4O/c1-8-11(13)14-7-15-12(8)16-9-5-3-2-4-6-10(9)17/h7,9-10,17H,2-6H2,1H3,(H3,13,14,15,16). The summed E-state index contributed by atoms with van der Waals surface area (Å²) in [6.45, 7) is 1.89. The zero-order chi connectivity index (χ0) is 12.3. The first kappa shape index (κ1) is 12.1. The number of hydrogen-bond donors (Lipinski definition) is 3. The molecule has 1 fully saturated rings. The van der Waals surface area contributed by atoms with Gasteiger partial charge in [-0.1, -0.05) is 19.3 Å². The summed E-state index contributed by atoms with van der Waals surface area (Å²) >= 11 is 0. The van der Waals surface area contributed by atoms with Gasteiger partial charge in [0.2, 0.25) is 0 Å². The molecule has 0 aliphatic heterocycles. The number of nitrogen functional groups attached to an aromatic ring is 1. The van der Waals surface area contributed by atoms with E-state index in [0.717, 1.165) is 37.1 Å². The molecule has 1 heterocycles. The van der Waals surface area contributed by atoms with Crippen molar-refractivity contribution in [2.45, 2.75) is 51.2 Å². The molecule has 17 heavy (non-hydrogen) atoms. The Kier molecular flexibility index (Phi) is 3.78. The van der Waals surface area contributed by atoms with Gasteiger partial charge in [0.15, 0.2) is 0 Å². The largest absolute Gasteiger partial charge is 0.391 e. The Hall–Kier alpha value is -1.36. The Balaban J connectivity index is 2.10. The molecule has 1 saturated carbocycles. The summed E-state index contributed by atoms with van der Waals surface area (Å²) < 4.78 is 0. The Labute approximate surface area is 101 Å². The van der Waals surface area contributed by atoms with E-state index in [9.17, 15) is 5.11 Å². The van der Waals surface area contributed by atoms with E-state index in [-0.39, 0.29) is 12.1 Å². The first-order valence-corrected chi connectivity index (χ1v) is 6.20. The van der Waals surface area contributed by atoms with Crippen molar-refractivity contribution < 1.29 is 5.11 Å². The SMILES string of the molecule is Cc1c(N)ncnc1NC1CCCCCC1O. The van der Waals surface area contributed by atoms with E-state index >= 15 is 0 Å². The monoisotopic (exact) mass is 236 g/mol. The van der Waals surface area contributed by atoms with Crippen molar-refractivity contribution in [1.29, 1.82) is 0 Å². The van der Waals surface area contributed by atoms with Gasteiger partial charge >= 0.3 is 0 Å². The maximum atomic E-state index is 10.0. The van der Waals surface area contributed by atoms with Crippen LogP contribution in [-0.2, 0) is 0 Å². The van der Waals surface area contributed by atoms with Crippen molar-refractivity contribution in [2.24, 2.45) is 0 Å². The van der Waals surface area contributed by atoms with Crippen molar-refractivity contribution in [3.8, 4) is 0 Å². The van der Waals surface area contributed by atoms with Crippen LogP contribution < -0.4 is 11.1 Å². The average molecular weight is 236 g/mol. The van der Waals surface area contributed by atoms with Crippen molar-refractivity contribution in [1.82, 2.24) is 9.97 Å². The van der Waals surface area contributed by atoms with Gasteiger partial charge in [0.1, 0.15) is 18.0 Å². The van der Waals surface area contributed by atoms with Crippen LogP contribution in [0, 0.1) is 6.92 Å². The van der Waals surface area contributed by atoms with Gasteiger partial charge in [-0.15, -0.1) is 0 Å². The summed E-state index contributed by atoms with van der Waals surface area (Å²) in [6, 6.07) is 0.0745. The Morgan fingerprint density at radius 1 is 1.29 bits per heavy atom. The highest BCUT2D eigenvalue weighted by molar-refractivity contribution is 5.54. The van der Waals surface area contributed by atoms with Gasteiger partial charge in [-0.2, -0.15) is 0 Å². The molecule has 0 radical (unpaired) electrons. The van der Waals surface area contributed by atoms with Gasteiger partial charge in [-0.05, 0) is 19.8 Å². The predicted octanol–water partition coefficient (Wildman–Crippen LogP) is 1.47. The molecule has 1 aliphatic carbocycles. The molecule has 1 aromatic heterocycles. The molecule has 0 saturated heterocycles. The van der Waals surface area contributed by atoms with Crippen LogP contribution in [-0.4, -0.2) is 27.2 Å². The quantitative estimate of drug-likeness (QED) is 0.677. The molecule has 4 N–H and O–H groups in total. The topological polar surface area (TPSA) is 84.1 Å². The molecule has 1 aromatic rings. The number of hydrogen-bond acceptors (Lipinski definition) is 5. The van der Waals surface area contributed by atoms with Crippen LogP contribution in [0.15, 0.2) is 6.33 Å². The molecule has 1 aliphatic rings. The second-order valence-electron chi connectivity index (χ2n) is 4.69. The summed E-state index contributed by atoms with van der Waals surface area (Å²) in [5.74, 6) is 1.23. The van der Waals surface area contributed by atoms with Crippen molar-refractivity contribution in [3.05, 3.63) is 11.9 Å². The van der Waals surface area contributed by atoms with Gasteiger partial charge in [0, 0.05) is 5.56 Å². The molecular weight excluding hydrogens is 216 g/mol. The van der Waals surface area contributed by atoms with E-state index in [0.29, 0.717) is 5.82 Å². The summed E-state index contributed by atoms with van der Waals surface area (Å²) in [4.78, 5) is 8.12. The molecule has 0 amide bonds. The Morgan fingerprint density at radius 2 is 2.06 bits per heavy atom. The van der Waals surface area contributed by atoms with Crippen molar-refractivity contribution >= 4 is 11.6 Å². The highest BCUT2D eigenvalue weighted by Gasteiger charge is 2.22. The van der Waals surface area contributed by atoms with E-state index in [1.807, 2.05) is 6.92 Å². The third-order valence-electron chi connectivity index (χ3n) is 3.42. The maximum Gasteiger partial charge on any atom is 0.134 e. The molecular formula is C12H20N4O. The van der Waals surface area contributed by atoms with Crippen molar-refractivity contribution in [2.75, 3.05) is 11.1 Å². The normalized spacial score (nSPS) is 25.3. The Morgan fingerprint density at radius 3 is 2.88 bits per heavy atom. The summed E-state index contributed by atoms with van der Waals surface area (Å²) in [7, 11) is 0. The maximum absolute atomic E-state index is 10.0. The van der Waals surface area contributed by atoms with Gasteiger partial charge in [0.25, 0.3) is 0 Å². The highest BCUT2D eigenvalue weighted by Crippen LogP contribution is 2.23. The van der Waals surface area contributed by atoms with Crippen LogP contribution in [0.25, 0.3) is 0 Å². The highest BCUT2D eigenvalue weighted by atomic mass is 16.3. The molecule has 5 heteroatoms. The third kappa shape index (κ3) is 2.85. The molecule has 0 spiro atoms. The predicted molar refractivity (Wildman–Crippen MR) is 67.7 cm³/mol. The number of aliphatic hydroxyl groups is 1. The number of aliphatic hydroxyl groups excluding tert-OH is 1. The molecule has 2 rings (SSSR count). The minimum absolute atomic E-state index is 0.0745. The number of nitrogens with two attached hydrogens (primary N) is 1. The van der Waals surface area contributed by atoms with Crippen LogP contribution in [0.1, 0.15) is 37.7 Å². The number of aromatic nitrogens is 2. The summed E-state index contributed by atoms with van der Waals surface area (Å²) in [5.41, 5.74) is 6.59. The van der Waals surface area contributed by atoms with E-state index < -0.39 is 0 Å². The molecule has 0 bridgehead atoms. The number of nitrogens with one attached hydrogen (secondary N) is 1. The lowest BCUT2D eigenvalue weighted by Gasteiger charge is -2.23. The first-order chi connectivity index (χ1) is 8.18. The number of rotatable bonds is 2. The lowest BCUT2D eigenvalue weighted by molar-refractivity contribution is 0.144. The lowest BCUT2D eigenvalue weighted by atomic mass is 10.1. The second-order valence-corrected chi connectivity index (χ2v) is 4.69. The molecule has 5 nitrogen and oxygen atoms in total. The van der Waals surface area contributed by atoms with Crippen LogP contribution in [0.2, 0.25) is 0 Å². The third-order valence-corrected chi connectivity index (χ3v) is 3.42. The molecule has 2 unspecified atom stereocenters. The van der Waals surface area contributed by atoms with Crippen LogP contribution >= 0.6 is 0 Å². The molecule has 2 atom stereocenters. The minimum atomic E-state index is -0.298. The van der Waals surface area contributed by atoms with E-state index in [1.165, 1.54) is 12.7 Å². The van der Waals surface area contributed by atoms with Gasteiger partial charge in [-0.25, -0.2) is 9.97 Å². The molecule has 94 valence electrons. The first-order valence-electron chi connectivity index (χ1n) is 6.20. The fraction of sp³-hybridized carbons (Fsp3) is 0.667. The zero-order valence-electron chi connectivity index (χ0n) is 10.2. The smallest absolute Gasteiger partial charge is 0.134 e. The summed E-state index contributed by atoms with van der Waals surface area (Å²) in [5, 5.41) is 13.3. The second kappa shape index (κ2) is 5.31. The van der Waals surface area contributed by atoms with Crippen molar-refractivity contribution in [3.63, 3.8) is 0 Å². The van der Waals surface area contributed by atoms with E-state index in [4.69, 9.17) is 5.73 Å². The minimum Gasteiger partial charge on any atom is -0.391 e. The van der Waals surface area contributed by atoms with Crippen LogP contribution in [0.5, 0.6) is 0 Å². The fourth-order valence-electron chi connectivity index (χ4n) is 2.24. The van der Waals surface area contributed by atoms with E-state index in [1.54, 1.807) is 0 Å². The summed E-state index contributed by atoms with van der Waals surface area (Å²) in [6.07, 6.45) is 6.43. The number of anilines is 2. The number of nitrogens with zero attached hydrogens (tertiary/aromatic N) is 2.